The van der Waals surface area contributed by atoms with Crippen molar-refractivity contribution in [2.24, 2.45) is 0 Å². The van der Waals surface area contributed by atoms with Crippen molar-refractivity contribution in [3.05, 3.63) is 40.6 Å². The molecule has 1 aromatic rings. The largest absolute Gasteiger partial charge is 0.623 e. The number of benzene rings is 1. The molecule has 0 N–H and O–H groups in total. The van der Waals surface area contributed by atoms with Crippen molar-refractivity contribution in [3.63, 3.8) is 0 Å². The summed E-state index contributed by atoms with van der Waals surface area (Å²) in [5.74, 6) is 0. The lowest BCUT2D eigenvalue weighted by molar-refractivity contribution is -0.538. The highest BCUT2D eigenvalue weighted by Crippen LogP contribution is 2.37. The normalized spacial score (nSPS) is 21.9. The summed E-state index contributed by atoms with van der Waals surface area (Å²) in [6.45, 7) is 8.43. The molecule has 2 rings (SSSR count). The van der Waals surface area contributed by atoms with Crippen molar-refractivity contribution in [2.45, 2.75) is 45.1 Å². The summed E-state index contributed by atoms with van der Waals surface area (Å²) in [7, 11) is 0. The Balaban J connectivity index is 2.64. The van der Waals surface area contributed by atoms with Gasteiger partial charge in [-0.3, -0.25) is 0 Å². The van der Waals surface area contributed by atoms with Gasteiger partial charge in [0, 0.05) is 25.8 Å². The van der Waals surface area contributed by atoms with Crippen LogP contribution in [0.1, 0.15) is 45.2 Å². The van der Waals surface area contributed by atoms with E-state index in [0.29, 0.717) is 0 Å². The van der Waals surface area contributed by atoms with Gasteiger partial charge in [0.15, 0.2) is 11.8 Å². The molecule has 0 atom stereocenters. The minimum Gasteiger partial charge on any atom is -0.623 e. The maximum absolute atomic E-state index is 12.0. The molecule has 2 nitrogen and oxygen atoms in total. The van der Waals surface area contributed by atoms with Gasteiger partial charge in [0.1, 0.15) is 0 Å². The fraction of sp³-hybridized carbons (Fsp3) is 0.500. The van der Waals surface area contributed by atoms with Gasteiger partial charge in [-0.2, -0.15) is 0 Å². The first kappa shape index (κ1) is 11.2. The van der Waals surface area contributed by atoms with Gasteiger partial charge in [0.2, 0.25) is 0 Å². The van der Waals surface area contributed by atoms with Gasteiger partial charge in [0.05, 0.1) is 0 Å². The third-order valence-corrected chi connectivity index (χ3v) is 3.42. The fourth-order valence-electron chi connectivity index (χ4n) is 2.78. The Hall–Kier alpha value is -1.31. The number of nitrogens with zero attached hydrogens (tertiary/aromatic N) is 1. The summed E-state index contributed by atoms with van der Waals surface area (Å²) in [4.78, 5) is 0. The average molecular weight is 217 g/mol. The van der Waals surface area contributed by atoms with Crippen molar-refractivity contribution in [3.8, 4) is 0 Å². The van der Waals surface area contributed by atoms with Crippen LogP contribution in [0, 0.1) is 5.21 Å². The minimum absolute atomic E-state index is 0.0375. The second kappa shape index (κ2) is 3.34. The summed E-state index contributed by atoms with van der Waals surface area (Å²) in [5.41, 5.74) is 2.01. The molecule has 2 heteroatoms. The Morgan fingerprint density at radius 2 is 1.75 bits per heavy atom. The van der Waals surface area contributed by atoms with Crippen molar-refractivity contribution >= 4 is 6.21 Å². The lowest BCUT2D eigenvalue weighted by Gasteiger charge is -2.31. The average Bonchev–Trinajstić information content (AvgIpc) is 2.22. The molecule has 86 valence electrons. The second-order valence-electron chi connectivity index (χ2n) is 5.92. The Bertz CT molecular complexity index is 444. The van der Waals surface area contributed by atoms with Crippen LogP contribution >= 0.6 is 0 Å². The van der Waals surface area contributed by atoms with Crippen molar-refractivity contribution < 1.29 is 4.74 Å². The zero-order valence-corrected chi connectivity index (χ0v) is 10.4. The zero-order valence-electron chi connectivity index (χ0n) is 10.4. The molecule has 0 saturated heterocycles. The lowest BCUT2D eigenvalue weighted by Crippen LogP contribution is -2.37. The molecule has 0 aromatic heterocycles. The predicted octanol–water partition coefficient (Wildman–Crippen LogP) is 3.08. The third-order valence-electron chi connectivity index (χ3n) is 3.42. The highest BCUT2D eigenvalue weighted by Gasteiger charge is 2.39. The van der Waals surface area contributed by atoms with E-state index in [1.54, 1.807) is 6.21 Å². The molecule has 0 unspecified atom stereocenters. The minimum atomic E-state index is -0.345. The summed E-state index contributed by atoms with van der Waals surface area (Å²) >= 11 is 0. The first-order valence-electron chi connectivity index (χ1n) is 5.74. The van der Waals surface area contributed by atoms with Crippen LogP contribution in [0.5, 0.6) is 0 Å². The molecule has 0 amide bonds. The Kier molecular flexibility index (Phi) is 2.33. The van der Waals surface area contributed by atoms with Gasteiger partial charge in [-0.05, 0) is 17.0 Å². The van der Waals surface area contributed by atoms with E-state index in [2.05, 4.69) is 19.9 Å². The van der Waals surface area contributed by atoms with E-state index in [1.807, 2.05) is 32.0 Å². The van der Waals surface area contributed by atoms with Gasteiger partial charge < -0.3 is 5.21 Å². The molecule has 0 radical (unpaired) electrons. The van der Waals surface area contributed by atoms with Gasteiger partial charge in [-0.15, -0.1) is 0 Å². The highest BCUT2D eigenvalue weighted by molar-refractivity contribution is 5.79. The van der Waals surface area contributed by atoms with Crippen molar-refractivity contribution in [1.82, 2.24) is 0 Å². The Morgan fingerprint density at radius 3 is 2.44 bits per heavy atom. The number of hydrogen-bond donors (Lipinski definition) is 0. The SMILES string of the molecule is CC1(C)CC(C)(C)[N+]([O-])=Cc2ccccc21. The third kappa shape index (κ3) is 1.73. The number of rotatable bonds is 0. The molecule has 0 saturated carbocycles. The predicted molar refractivity (Wildman–Crippen MR) is 67.0 cm³/mol. The first-order valence-corrected chi connectivity index (χ1v) is 5.74. The van der Waals surface area contributed by atoms with Crippen molar-refractivity contribution in [1.29, 1.82) is 0 Å². The smallest absolute Gasteiger partial charge is 0.182 e. The topological polar surface area (TPSA) is 26.1 Å². The maximum atomic E-state index is 12.0. The van der Waals surface area contributed by atoms with Gasteiger partial charge >= 0.3 is 0 Å². The highest BCUT2D eigenvalue weighted by atomic mass is 16.5. The maximum Gasteiger partial charge on any atom is 0.182 e. The van der Waals surface area contributed by atoms with Crippen LogP contribution in [0.4, 0.5) is 0 Å². The number of hydrogen-bond acceptors (Lipinski definition) is 1. The molecule has 1 heterocycles. The summed E-state index contributed by atoms with van der Waals surface area (Å²) < 4.78 is 1.10. The first-order chi connectivity index (χ1) is 7.33. The zero-order chi connectivity index (χ0) is 12.0. The number of hydroxylamine groups is 1. The van der Waals surface area contributed by atoms with Crippen LogP contribution in [-0.4, -0.2) is 16.5 Å². The van der Waals surface area contributed by atoms with E-state index in [4.69, 9.17) is 0 Å². The summed E-state index contributed by atoms with van der Waals surface area (Å²) in [5, 5.41) is 12.0. The fourth-order valence-corrected chi connectivity index (χ4v) is 2.78. The quantitative estimate of drug-likeness (QED) is 0.484. The second-order valence-corrected chi connectivity index (χ2v) is 5.92. The van der Waals surface area contributed by atoms with Crippen LogP contribution in [0.25, 0.3) is 0 Å². The van der Waals surface area contributed by atoms with Crippen LogP contribution in [0.3, 0.4) is 0 Å². The molecule has 1 aliphatic rings. The van der Waals surface area contributed by atoms with E-state index in [9.17, 15) is 5.21 Å². The van der Waals surface area contributed by atoms with Gasteiger partial charge in [-0.25, -0.2) is 4.74 Å². The van der Waals surface area contributed by atoms with Crippen LogP contribution in [0.2, 0.25) is 0 Å². The standard InChI is InChI=1S/C14H19NO/c1-13(2)10-14(3,4)15(16)9-11-7-5-6-8-12(11)13/h5-9H,10H2,1-4H3. The molecule has 0 aliphatic carbocycles. The Morgan fingerprint density at radius 1 is 1.12 bits per heavy atom. The lowest BCUT2D eigenvalue weighted by atomic mass is 9.75. The molecular weight excluding hydrogens is 198 g/mol. The van der Waals surface area contributed by atoms with Gasteiger partial charge in [-0.1, -0.05) is 32.0 Å². The number of fused-ring (bicyclic) bond motifs is 1. The Labute approximate surface area is 97.2 Å². The van der Waals surface area contributed by atoms with E-state index in [-0.39, 0.29) is 11.0 Å². The molecular formula is C14H19NO. The van der Waals surface area contributed by atoms with E-state index < -0.39 is 0 Å². The molecule has 1 aromatic carbocycles. The van der Waals surface area contributed by atoms with Crippen LogP contribution in [0.15, 0.2) is 24.3 Å². The van der Waals surface area contributed by atoms with E-state index in [1.165, 1.54) is 5.56 Å². The van der Waals surface area contributed by atoms with Crippen molar-refractivity contribution in [2.75, 3.05) is 0 Å². The van der Waals surface area contributed by atoms with Crippen LogP contribution in [-0.2, 0) is 5.41 Å². The van der Waals surface area contributed by atoms with E-state index >= 15 is 0 Å². The van der Waals surface area contributed by atoms with E-state index in [0.717, 1.165) is 16.7 Å². The molecule has 16 heavy (non-hydrogen) atoms. The summed E-state index contributed by atoms with van der Waals surface area (Å²) in [6.07, 6.45) is 2.58. The monoisotopic (exact) mass is 217 g/mol. The molecule has 0 fully saturated rings. The molecule has 0 bridgehead atoms. The van der Waals surface area contributed by atoms with Crippen LogP contribution < -0.4 is 0 Å². The summed E-state index contributed by atoms with van der Waals surface area (Å²) in [6, 6.07) is 8.17. The molecule has 1 aliphatic heterocycles. The molecule has 0 spiro atoms. The van der Waals surface area contributed by atoms with Gasteiger partial charge in [0.25, 0.3) is 0 Å².